The highest BCUT2D eigenvalue weighted by atomic mass is 79.9. The van der Waals surface area contributed by atoms with Crippen LogP contribution in [0.25, 0.3) is 10.1 Å². The minimum Gasteiger partial charge on any atom is -0.143 e. The van der Waals surface area contributed by atoms with Gasteiger partial charge in [-0.15, -0.1) is 22.9 Å². The smallest absolute Gasteiger partial charge is 0.0850 e. The van der Waals surface area contributed by atoms with Crippen LogP contribution in [0.15, 0.2) is 52.3 Å². The van der Waals surface area contributed by atoms with Gasteiger partial charge < -0.3 is 0 Å². The SMILES string of the molecule is Clc1cc(Br)cc(C(Cl)c2csc3ccccc23)c1. The Labute approximate surface area is 134 Å². The van der Waals surface area contributed by atoms with Crippen molar-refractivity contribution in [1.29, 1.82) is 0 Å². The zero-order chi connectivity index (χ0) is 13.4. The van der Waals surface area contributed by atoms with E-state index in [1.54, 1.807) is 11.3 Å². The zero-order valence-electron chi connectivity index (χ0n) is 9.74. The summed E-state index contributed by atoms with van der Waals surface area (Å²) in [5.74, 6) is 0. The molecule has 0 fully saturated rings. The fourth-order valence-electron chi connectivity index (χ4n) is 2.10. The highest BCUT2D eigenvalue weighted by Crippen LogP contribution is 2.38. The summed E-state index contributed by atoms with van der Waals surface area (Å²) < 4.78 is 2.20. The van der Waals surface area contributed by atoms with E-state index < -0.39 is 0 Å². The van der Waals surface area contributed by atoms with Gasteiger partial charge in [0.05, 0.1) is 5.38 Å². The quantitative estimate of drug-likeness (QED) is 0.442. The number of hydrogen-bond acceptors (Lipinski definition) is 1. The van der Waals surface area contributed by atoms with Crippen molar-refractivity contribution in [3.05, 3.63) is 68.5 Å². The van der Waals surface area contributed by atoms with E-state index in [9.17, 15) is 0 Å². The van der Waals surface area contributed by atoms with Crippen LogP contribution >= 0.6 is 50.5 Å². The molecular formula is C15H9BrCl2S. The van der Waals surface area contributed by atoms with E-state index in [0.717, 1.165) is 15.6 Å². The van der Waals surface area contributed by atoms with Crippen molar-refractivity contribution in [2.45, 2.75) is 5.38 Å². The molecule has 0 radical (unpaired) electrons. The third kappa shape index (κ3) is 2.68. The number of fused-ring (bicyclic) bond motifs is 1. The molecule has 0 N–H and O–H groups in total. The first kappa shape index (κ1) is 13.4. The van der Waals surface area contributed by atoms with Gasteiger partial charge in [-0.1, -0.05) is 45.7 Å². The monoisotopic (exact) mass is 370 g/mol. The fraction of sp³-hybridized carbons (Fsp3) is 0.0667. The predicted octanol–water partition coefficient (Wildman–Crippen LogP) is 6.65. The third-order valence-electron chi connectivity index (χ3n) is 2.96. The number of alkyl halides is 1. The van der Waals surface area contributed by atoms with E-state index in [1.165, 1.54) is 10.1 Å². The standard InChI is InChI=1S/C15H9BrCl2S/c16-10-5-9(6-11(17)7-10)15(18)13-8-19-14-4-2-1-3-12(13)14/h1-8,15H. The lowest BCUT2D eigenvalue weighted by atomic mass is 10.0. The van der Waals surface area contributed by atoms with Crippen LogP contribution in [0.2, 0.25) is 5.02 Å². The third-order valence-corrected chi connectivity index (χ3v) is 5.11. The van der Waals surface area contributed by atoms with Gasteiger partial charge >= 0.3 is 0 Å². The Morgan fingerprint density at radius 2 is 1.89 bits per heavy atom. The summed E-state index contributed by atoms with van der Waals surface area (Å²) in [5.41, 5.74) is 2.14. The first-order chi connectivity index (χ1) is 9.15. The second-order valence-corrected chi connectivity index (χ2v) is 6.95. The lowest BCUT2D eigenvalue weighted by Crippen LogP contribution is -1.92. The highest BCUT2D eigenvalue weighted by Gasteiger charge is 2.16. The van der Waals surface area contributed by atoms with Gasteiger partial charge in [-0.3, -0.25) is 0 Å². The molecule has 1 unspecified atom stereocenters. The lowest BCUT2D eigenvalue weighted by Gasteiger charge is -2.10. The molecule has 0 aliphatic heterocycles. The van der Waals surface area contributed by atoms with E-state index in [4.69, 9.17) is 23.2 Å². The molecule has 1 aromatic heterocycles. The Hall–Kier alpha value is -0.540. The zero-order valence-corrected chi connectivity index (χ0v) is 13.7. The van der Waals surface area contributed by atoms with Crippen LogP contribution in [0.4, 0.5) is 0 Å². The largest absolute Gasteiger partial charge is 0.143 e. The summed E-state index contributed by atoms with van der Waals surface area (Å²) in [7, 11) is 0. The normalized spacial score (nSPS) is 12.8. The molecule has 19 heavy (non-hydrogen) atoms. The Morgan fingerprint density at radius 1 is 1.11 bits per heavy atom. The van der Waals surface area contributed by atoms with Crippen LogP contribution in [0, 0.1) is 0 Å². The molecule has 0 saturated heterocycles. The molecule has 0 saturated carbocycles. The lowest BCUT2D eigenvalue weighted by molar-refractivity contribution is 1.17. The molecular weight excluding hydrogens is 363 g/mol. The molecule has 0 aliphatic rings. The van der Waals surface area contributed by atoms with Gasteiger partial charge in [-0.05, 0) is 46.2 Å². The van der Waals surface area contributed by atoms with E-state index in [-0.39, 0.29) is 5.38 Å². The molecule has 0 spiro atoms. The van der Waals surface area contributed by atoms with E-state index >= 15 is 0 Å². The number of benzene rings is 2. The molecule has 1 atom stereocenters. The van der Waals surface area contributed by atoms with Crippen molar-refractivity contribution >= 4 is 60.6 Å². The molecule has 4 heteroatoms. The first-order valence-electron chi connectivity index (χ1n) is 5.71. The summed E-state index contributed by atoms with van der Waals surface area (Å²) in [5, 5.41) is 3.83. The van der Waals surface area contributed by atoms with Crippen molar-refractivity contribution in [3.8, 4) is 0 Å². The minimum atomic E-state index is -0.189. The van der Waals surface area contributed by atoms with Gasteiger partial charge in [-0.25, -0.2) is 0 Å². The van der Waals surface area contributed by atoms with Gasteiger partial charge in [0.2, 0.25) is 0 Å². The number of hydrogen-bond donors (Lipinski definition) is 0. The Morgan fingerprint density at radius 3 is 2.68 bits per heavy atom. The maximum Gasteiger partial charge on any atom is 0.0850 e. The summed E-state index contributed by atoms with van der Waals surface area (Å²) in [6, 6.07) is 14.1. The van der Waals surface area contributed by atoms with Crippen molar-refractivity contribution in [1.82, 2.24) is 0 Å². The van der Waals surface area contributed by atoms with Crippen molar-refractivity contribution < 1.29 is 0 Å². The molecule has 96 valence electrons. The van der Waals surface area contributed by atoms with Gasteiger partial charge in [0.15, 0.2) is 0 Å². The minimum absolute atomic E-state index is 0.189. The van der Waals surface area contributed by atoms with Crippen LogP contribution in [0.5, 0.6) is 0 Å². The molecule has 0 amide bonds. The molecule has 0 bridgehead atoms. The predicted molar refractivity (Wildman–Crippen MR) is 88.7 cm³/mol. The maximum absolute atomic E-state index is 6.62. The van der Waals surface area contributed by atoms with Gasteiger partial charge in [0, 0.05) is 14.2 Å². The van der Waals surface area contributed by atoms with Crippen LogP contribution in [0.1, 0.15) is 16.5 Å². The van der Waals surface area contributed by atoms with E-state index in [1.807, 2.05) is 30.3 Å². The van der Waals surface area contributed by atoms with Crippen molar-refractivity contribution in [2.24, 2.45) is 0 Å². The molecule has 2 aromatic carbocycles. The highest BCUT2D eigenvalue weighted by molar-refractivity contribution is 9.10. The number of rotatable bonds is 2. The molecule has 3 rings (SSSR count). The Bertz CT molecular complexity index is 716. The topological polar surface area (TPSA) is 0 Å². The molecule has 0 nitrogen and oxygen atoms in total. The van der Waals surface area contributed by atoms with Crippen molar-refractivity contribution in [2.75, 3.05) is 0 Å². The average molecular weight is 372 g/mol. The second kappa shape index (κ2) is 5.45. The van der Waals surface area contributed by atoms with Crippen LogP contribution in [0.3, 0.4) is 0 Å². The molecule has 0 aliphatic carbocycles. The summed E-state index contributed by atoms with van der Waals surface area (Å²) >= 11 is 17.9. The maximum atomic E-state index is 6.62. The van der Waals surface area contributed by atoms with Crippen LogP contribution < -0.4 is 0 Å². The summed E-state index contributed by atoms with van der Waals surface area (Å²) in [6.45, 7) is 0. The first-order valence-corrected chi connectivity index (χ1v) is 8.20. The second-order valence-electron chi connectivity index (χ2n) is 4.25. The number of thiophene rings is 1. The molecule has 1 heterocycles. The Balaban J connectivity index is 2.10. The number of halogens is 3. The Kier molecular flexibility index (Phi) is 3.86. The summed E-state index contributed by atoms with van der Waals surface area (Å²) in [4.78, 5) is 0. The van der Waals surface area contributed by atoms with E-state index in [2.05, 4.69) is 33.4 Å². The van der Waals surface area contributed by atoms with Gasteiger partial charge in [-0.2, -0.15) is 0 Å². The van der Waals surface area contributed by atoms with E-state index in [0.29, 0.717) is 5.02 Å². The summed E-state index contributed by atoms with van der Waals surface area (Å²) in [6.07, 6.45) is 0. The molecule has 3 aromatic rings. The fourth-order valence-corrected chi connectivity index (χ4v) is 4.35. The van der Waals surface area contributed by atoms with Crippen LogP contribution in [-0.2, 0) is 0 Å². The van der Waals surface area contributed by atoms with Crippen molar-refractivity contribution in [3.63, 3.8) is 0 Å². The van der Waals surface area contributed by atoms with Gasteiger partial charge in [0.25, 0.3) is 0 Å². The average Bonchev–Trinajstić information content (AvgIpc) is 2.80. The van der Waals surface area contributed by atoms with Gasteiger partial charge in [0.1, 0.15) is 0 Å². The van der Waals surface area contributed by atoms with Crippen LogP contribution in [-0.4, -0.2) is 0 Å².